The van der Waals surface area contributed by atoms with Crippen molar-refractivity contribution in [1.29, 1.82) is 0 Å². The minimum Gasteiger partial charge on any atom is -0.494 e. The lowest BCUT2D eigenvalue weighted by atomic mass is 9.79. The number of hydrogen-bond donors (Lipinski definition) is 2. The van der Waals surface area contributed by atoms with E-state index in [1.165, 1.54) is 0 Å². The van der Waals surface area contributed by atoms with Gasteiger partial charge in [0, 0.05) is 25.4 Å². The molecule has 5 heteroatoms. The van der Waals surface area contributed by atoms with Crippen molar-refractivity contribution >= 4 is 11.6 Å². The van der Waals surface area contributed by atoms with E-state index in [2.05, 4.69) is 12.2 Å². The second-order valence-corrected chi connectivity index (χ2v) is 5.42. The van der Waals surface area contributed by atoms with E-state index in [0.29, 0.717) is 39.2 Å². The summed E-state index contributed by atoms with van der Waals surface area (Å²) in [6.07, 6.45) is 2.32. The summed E-state index contributed by atoms with van der Waals surface area (Å²) in [7, 11) is 0. The van der Waals surface area contributed by atoms with Gasteiger partial charge in [-0.2, -0.15) is 0 Å². The van der Waals surface area contributed by atoms with Crippen LogP contribution in [0.1, 0.15) is 26.2 Å². The minimum absolute atomic E-state index is 0.0180. The summed E-state index contributed by atoms with van der Waals surface area (Å²) >= 11 is 0. The zero-order valence-electron chi connectivity index (χ0n) is 12.6. The first-order valence-corrected chi connectivity index (χ1v) is 7.52. The molecule has 0 unspecified atom stereocenters. The van der Waals surface area contributed by atoms with Crippen molar-refractivity contribution in [2.45, 2.75) is 26.2 Å². The summed E-state index contributed by atoms with van der Waals surface area (Å²) in [6, 6.07) is 7.44. The van der Waals surface area contributed by atoms with Crippen molar-refractivity contribution < 1.29 is 14.3 Å². The number of ether oxygens (including phenoxy) is 2. The molecule has 1 aliphatic rings. The molecule has 1 saturated heterocycles. The standard InChI is InChI=1S/C16H24N2O3/c1-2-9-21-14-5-3-13(4-6-14)18-15(19)16(12-17)7-10-20-11-8-16/h3-6H,2,7-12,17H2,1H3,(H,18,19). The van der Waals surface area contributed by atoms with Gasteiger partial charge in [0.2, 0.25) is 5.91 Å². The van der Waals surface area contributed by atoms with Crippen molar-refractivity contribution in [2.75, 3.05) is 31.7 Å². The first-order chi connectivity index (χ1) is 10.2. The van der Waals surface area contributed by atoms with E-state index in [1.54, 1.807) is 0 Å². The fourth-order valence-electron chi connectivity index (χ4n) is 2.40. The van der Waals surface area contributed by atoms with Crippen molar-refractivity contribution in [1.82, 2.24) is 0 Å². The largest absolute Gasteiger partial charge is 0.494 e. The first-order valence-electron chi connectivity index (χ1n) is 7.52. The van der Waals surface area contributed by atoms with Crippen LogP contribution in [-0.4, -0.2) is 32.3 Å². The maximum absolute atomic E-state index is 12.5. The topological polar surface area (TPSA) is 73.6 Å². The van der Waals surface area contributed by atoms with Crippen LogP contribution in [0.5, 0.6) is 5.75 Å². The molecule has 2 rings (SSSR count). The molecule has 1 aliphatic heterocycles. The van der Waals surface area contributed by atoms with E-state index < -0.39 is 5.41 Å². The highest BCUT2D eigenvalue weighted by atomic mass is 16.5. The van der Waals surface area contributed by atoms with E-state index >= 15 is 0 Å². The van der Waals surface area contributed by atoms with E-state index in [-0.39, 0.29) is 5.91 Å². The molecule has 1 heterocycles. The van der Waals surface area contributed by atoms with Crippen LogP contribution in [0.25, 0.3) is 0 Å². The molecule has 116 valence electrons. The lowest BCUT2D eigenvalue weighted by Gasteiger charge is -2.34. The lowest BCUT2D eigenvalue weighted by molar-refractivity contribution is -0.130. The molecule has 1 aromatic carbocycles. The highest BCUT2D eigenvalue weighted by molar-refractivity contribution is 5.95. The molecular formula is C16H24N2O3. The molecule has 0 atom stereocenters. The van der Waals surface area contributed by atoms with Crippen molar-refractivity contribution in [2.24, 2.45) is 11.1 Å². The van der Waals surface area contributed by atoms with Gasteiger partial charge in [-0.05, 0) is 43.5 Å². The van der Waals surface area contributed by atoms with Gasteiger partial charge in [0.15, 0.2) is 0 Å². The quantitative estimate of drug-likeness (QED) is 0.842. The maximum atomic E-state index is 12.5. The normalized spacial score (nSPS) is 17.2. The summed E-state index contributed by atoms with van der Waals surface area (Å²) in [5.41, 5.74) is 6.10. The Kier molecular flexibility index (Phi) is 5.59. The molecule has 3 N–H and O–H groups in total. The lowest BCUT2D eigenvalue weighted by Crippen LogP contribution is -2.46. The van der Waals surface area contributed by atoms with Crippen molar-refractivity contribution in [3.63, 3.8) is 0 Å². The van der Waals surface area contributed by atoms with Crippen LogP contribution in [0.3, 0.4) is 0 Å². The van der Waals surface area contributed by atoms with Crippen LogP contribution < -0.4 is 15.8 Å². The Hall–Kier alpha value is -1.59. The summed E-state index contributed by atoms with van der Waals surface area (Å²) in [5, 5.41) is 2.96. The van der Waals surface area contributed by atoms with Gasteiger partial charge in [-0.15, -0.1) is 0 Å². The third kappa shape index (κ3) is 3.95. The zero-order chi connectivity index (χ0) is 15.1. The van der Waals surface area contributed by atoms with Gasteiger partial charge in [-0.1, -0.05) is 6.92 Å². The van der Waals surface area contributed by atoms with Crippen molar-refractivity contribution in [3.05, 3.63) is 24.3 Å². The van der Waals surface area contributed by atoms with Crippen LogP contribution in [0, 0.1) is 5.41 Å². The van der Waals surface area contributed by atoms with Crippen LogP contribution >= 0.6 is 0 Å². The Morgan fingerprint density at radius 1 is 1.33 bits per heavy atom. The van der Waals surface area contributed by atoms with Gasteiger partial charge in [-0.3, -0.25) is 4.79 Å². The second-order valence-electron chi connectivity index (χ2n) is 5.42. The Bertz CT molecular complexity index is 453. The minimum atomic E-state index is -0.504. The molecule has 0 aliphatic carbocycles. The van der Waals surface area contributed by atoms with Gasteiger partial charge in [0.05, 0.1) is 12.0 Å². The molecular weight excluding hydrogens is 268 g/mol. The van der Waals surface area contributed by atoms with Crippen LogP contribution in [-0.2, 0) is 9.53 Å². The summed E-state index contributed by atoms with van der Waals surface area (Å²) in [5.74, 6) is 0.796. The Morgan fingerprint density at radius 3 is 2.57 bits per heavy atom. The summed E-state index contributed by atoms with van der Waals surface area (Å²) in [6.45, 7) is 4.29. The molecule has 0 aromatic heterocycles. The fourth-order valence-corrected chi connectivity index (χ4v) is 2.40. The average molecular weight is 292 g/mol. The zero-order valence-corrected chi connectivity index (χ0v) is 12.6. The smallest absolute Gasteiger partial charge is 0.232 e. The van der Waals surface area contributed by atoms with Gasteiger partial charge in [-0.25, -0.2) is 0 Å². The van der Waals surface area contributed by atoms with E-state index in [9.17, 15) is 4.79 Å². The number of nitrogens with one attached hydrogen (secondary N) is 1. The molecule has 1 fully saturated rings. The molecule has 21 heavy (non-hydrogen) atoms. The number of carbonyl (C=O) groups excluding carboxylic acids is 1. The van der Waals surface area contributed by atoms with Gasteiger partial charge >= 0.3 is 0 Å². The number of hydrogen-bond acceptors (Lipinski definition) is 4. The molecule has 5 nitrogen and oxygen atoms in total. The maximum Gasteiger partial charge on any atom is 0.232 e. The summed E-state index contributed by atoms with van der Waals surface area (Å²) < 4.78 is 10.9. The third-order valence-electron chi connectivity index (χ3n) is 3.91. The number of carbonyl (C=O) groups is 1. The number of anilines is 1. The van der Waals surface area contributed by atoms with Gasteiger partial charge < -0.3 is 20.5 Å². The molecule has 0 radical (unpaired) electrons. The van der Waals surface area contributed by atoms with Crippen LogP contribution in [0.15, 0.2) is 24.3 Å². The summed E-state index contributed by atoms with van der Waals surface area (Å²) in [4.78, 5) is 12.5. The predicted octanol–water partition coefficient (Wildman–Crippen LogP) is 2.17. The van der Waals surface area contributed by atoms with Crippen molar-refractivity contribution in [3.8, 4) is 5.75 Å². The molecule has 1 amide bonds. The molecule has 0 bridgehead atoms. The number of rotatable bonds is 6. The molecule has 0 saturated carbocycles. The fraction of sp³-hybridized carbons (Fsp3) is 0.562. The SMILES string of the molecule is CCCOc1ccc(NC(=O)C2(CN)CCOCC2)cc1. The molecule has 0 spiro atoms. The van der Waals surface area contributed by atoms with E-state index in [0.717, 1.165) is 17.9 Å². The highest BCUT2D eigenvalue weighted by Crippen LogP contribution is 2.31. The number of benzene rings is 1. The highest BCUT2D eigenvalue weighted by Gasteiger charge is 2.38. The van der Waals surface area contributed by atoms with Gasteiger partial charge in [0.25, 0.3) is 0 Å². The van der Waals surface area contributed by atoms with E-state index in [1.807, 2.05) is 24.3 Å². The van der Waals surface area contributed by atoms with Gasteiger partial charge in [0.1, 0.15) is 5.75 Å². The molecule has 1 aromatic rings. The second kappa shape index (κ2) is 7.43. The van der Waals surface area contributed by atoms with Crippen LogP contribution in [0.2, 0.25) is 0 Å². The monoisotopic (exact) mass is 292 g/mol. The third-order valence-corrected chi connectivity index (χ3v) is 3.91. The van der Waals surface area contributed by atoms with Crippen LogP contribution in [0.4, 0.5) is 5.69 Å². The predicted molar refractivity (Wildman–Crippen MR) is 82.4 cm³/mol. The Labute approximate surface area is 125 Å². The Balaban J connectivity index is 1.98. The van der Waals surface area contributed by atoms with E-state index in [4.69, 9.17) is 15.2 Å². The number of nitrogens with two attached hydrogens (primary N) is 1. The first kappa shape index (κ1) is 15.8. The Morgan fingerprint density at radius 2 is 2.00 bits per heavy atom. The number of amides is 1. The average Bonchev–Trinajstić information content (AvgIpc) is 2.54.